The predicted octanol–water partition coefficient (Wildman–Crippen LogP) is -6.17. The van der Waals surface area contributed by atoms with Gasteiger partial charge in [0, 0.05) is 31.4 Å². The second kappa shape index (κ2) is 12.1. The number of aryl methyl sites for hydroxylation is 1. The zero-order valence-electron chi connectivity index (χ0n) is 18.4. The number of carbonyl (C=O) groups is 4. The van der Waals surface area contributed by atoms with Crippen LogP contribution in [0.4, 0.5) is 0 Å². The van der Waals surface area contributed by atoms with Crippen LogP contribution in [0.3, 0.4) is 0 Å². The Hall–Kier alpha value is -1.34. The van der Waals surface area contributed by atoms with Gasteiger partial charge in [0.25, 0.3) is 11.6 Å². The molecule has 18 heteroatoms. The molecule has 0 radical (unpaired) electrons. The molecule has 0 spiro atoms. The Kier molecular flexibility index (Phi) is 10.3. The molecular weight excluding hydrogens is 521 g/mol. The molecular formula is C16H20N7NaO7S3. The normalized spacial score (nSPS) is 22.4. The summed E-state index contributed by atoms with van der Waals surface area (Å²) in [5.41, 5.74) is 3.84. The third kappa shape index (κ3) is 5.72. The van der Waals surface area contributed by atoms with Crippen LogP contribution in [0.1, 0.15) is 0 Å². The van der Waals surface area contributed by atoms with E-state index in [1.807, 2.05) is 0 Å². The fraction of sp³-hybridized carbons (Fsp3) is 0.562. The Balaban J connectivity index is 0.00000408. The van der Waals surface area contributed by atoms with Gasteiger partial charge in [-0.3, -0.25) is 19.3 Å². The molecule has 4 N–H and O–H groups in total. The van der Waals surface area contributed by atoms with Gasteiger partial charge >= 0.3 is 35.5 Å². The first-order valence-corrected chi connectivity index (χ1v) is 12.5. The number of carbonyl (C=O) groups excluding carboxylic acids is 3. The summed E-state index contributed by atoms with van der Waals surface area (Å²) in [5, 5.41) is 33.9. The van der Waals surface area contributed by atoms with E-state index in [2.05, 4.69) is 20.8 Å². The Morgan fingerprint density at radius 1 is 1.47 bits per heavy atom. The molecule has 180 valence electrons. The number of hydrogen-bond acceptors (Lipinski definition) is 13. The van der Waals surface area contributed by atoms with Gasteiger partial charge in [0.2, 0.25) is 11.1 Å². The van der Waals surface area contributed by atoms with Crippen molar-refractivity contribution in [3.8, 4) is 0 Å². The van der Waals surface area contributed by atoms with Crippen LogP contribution in [0.2, 0.25) is 0 Å². The molecule has 2 aliphatic heterocycles. The van der Waals surface area contributed by atoms with E-state index in [0.29, 0.717) is 10.7 Å². The van der Waals surface area contributed by atoms with Gasteiger partial charge in [-0.1, -0.05) is 11.8 Å². The number of aromatic nitrogens is 4. The second-order valence-corrected chi connectivity index (χ2v) is 9.94. The molecule has 3 rings (SSSR count). The number of hydrogen-bond donors (Lipinski definition) is 3. The minimum absolute atomic E-state index is 0. The largest absolute Gasteiger partial charge is 1.00 e. The average molecular weight is 542 g/mol. The van der Waals surface area contributed by atoms with Crippen molar-refractivity contribution in [1.82, 2.24) is 30.4 Å². The van der Waals surface area contributed by atoms with Crippen LogP contribution in [-0.4, -0.2) is 101 Å². The molecule has 1 saturated heterocycles. The maximum Gasteiger partial charge on any atom is 1.00 e. The van der Waals surface area contributed by atoms with E-state index < -0.39 is 40.9 Å². The van der Waals surface area contributed by atoms with E-state index in [0.717, 1.165) is 16.7 Å². The average Bonchev–Trinajstić information content (AvgIpc) is 3.19. The summed E-state index contributed by atoms with van der Waals surface area (Å²) in [7, 11) is 2.88. The number of nitrogens with zero attached hydrogens (tertiary/aromatic N) is 5. The van der Waals surface area contributed by atoms with Crippen LogP contribution in [-0.2, 0) is 31.0 Å². The van der Waals surface area contributed by atoms with Crippen molar-refractivity contribution in [3.63, 3.8) is 0 Å². The Morgan fingerprint density at radius 3 is 2.74 bits per heavy atom. The topological polar surface area (TPSA) is 206 Å². The Labute approximate surface area is 228 Å². The van der Waals surface area contributed by atoms with Crippen molar-refractivity contribution in [2.75, 3.05) is 30.1 Å². The first kappa shape index (κ1) is 28.9. The molecule has 1 aromatic heterocycles. The number of fused-ring (bicyclic) bond motifs is 1. The van der Waals surface area contributed by atoms with Gasteiger partial charge in [-0.15, -0.1) is 28.6 Å². The maximum absolute atomic E-state index is 13.0. The summed E-state index contributed by atoms with van der Waals surface area (Å²) in [5.74, 6) is -3.73. The molecule has 0 aromatic carbocycles. The van der Waals surface area contributed by atoms with E-state index >= 15 is 0 Å². The number of β-lactam (4-membered cyclic amide) rings is 1. The zero-order chi connectivity index (χ0) is 24.3. The van der Waals surface area contributed by atoms with Crippen LogP contribution in [0.25, 0.3) is 0 Å². The summed E-state index contributed by atoms with van der Waals surface area (Å²) >= 11 is 3.43. The maximum atomic E-state index is 13.0. The van der Waals surface area contributed by atoms with E-state index in [4.69, 9.17) is 15.6 Å². The number of nitrogens with one attached hydrogen (secondary N) is 1. The van der Waals surface area contributed by atoms with Crippen LogP contribution >= 0.6 is 35.3 Å². The number of methoxy groups -OCH3 is 1. The van der Waals surface area contributed by atoms with Crippen molar-refractivity contribution < 1.29 is 63.7 Å². The fourth-order valence-corrected chi connectivity index (χ4v) is 6.33. The summed E-state index contributed by atoms with van der Waals surface area (Å²) in [6.45, 7) is 0. The summed E-state index contributed by atoms with van der Waals surface area (Å²) in [4.78, 5) is 49.1. The first-order valence-electron chi connectivity index (χ1n) is 9.28. The summed E-state index contributed by atoms with van der Waals surface area (Å²) < 4.78 is 6.78. The van der Waals surface area contributed by atoms with Crippen molar-refractivity contribution in [1.29, 1.82) is 0 Å². The molecule has 2 aliphatic rings. The molecule has 0 bridgehead atoms. The number of carboxylic acids is 2. The van der Waals surface area contributed by atoms with Gasteiger partial charge in [-0.05, 0) is 16.0 Å². The Morgan fingerprint density at radius 2 is 2.18 bits per heavy atom. The SMILES string of the molecule is CO[C@@]1(NC(=O)CSCC(N)C(=O)O)C(=O)N2C(C(=O)[O-])=C(CSc3nnnn3C)CSC21.[Na+]. The number of rotatable bonds is 11. The van der Waals surface area contributed by atoms with Crippen LogP contribution in [0, 0.1) is 0 Å². The van der Waals surface area contributed by atoms with Crippen LogP contribution in [0.15, 0.2) is 16.4 Å². The molecule has 3 heterocycles. The smallest absolute Gasteiger partial charge is 0.543 e. The van der Waals surface area contributed by atoms with Gasteiger partial charge in [0.1, 0.15) is 11.4 Å². The molecule has 14 nitrogen and oxygen atoms in total. The van der Waals surface area contributed by atoms with E-state index in [9.17, 15) is 24.3 Å². The number of tetrazole rings is 1. The quantitative estimate of drug-likeness (QED) is 0.103. The van der Waals surface area contributed by atoms with Crippen molar-refractivity contribution in [2.24, 2.45) is 12.8 Å². The summed E-state index contributed by atoms with van der Waals surface area (Å²) in [6, 6.07) is -1.13. The molecule has 3 atom stereocenters. The molecule has 0 saturated carbocycles. The van der Waals surface area contributed by atoms with E-state index in [1.165, 1.54) is 35.3 Å². The van der Waals surface area contributed by atoms with E-state index in [-0.39, 0.29) is 58.3 Å². The van der Waals surface area contributed by atoms with Gasteiger partial charge < -0.3 is 30.8 Å². The number of nitrogens with two attached hydrogens (primary N) is 1. The number of ether oxygens (including phenoxy) is 1. The van der Waals surface area contributed by atoms with Crippen molar-refractivity contribution >= 4 is 59.0 Å². The number of amides is 2. The third-order valence-corrected chi connectivity index (χ3v) is 8.29. The monoisotopic (exact) mass is 541 g/mol. The fourth-order valence-electron chi connectivity index (χ4n) is 3.13. The minimum atomic E-state index is -1.75. The first-order chi connectivity index (χ1) is 15.6. The predicted molar refractivity (Wildman–Crippen MR) is 115 cm³/mol. The van der Waals surface area contributed by atoms with Crippen LogP contribution < -0.4 is 45.7 Å². The standard InChI is InChI=1S/C16H21N7O7S3.Na/c1-22-15(19-20-21-22)33-4-7-3-32-14-16(30-2,13(29)23(14)10(7)12(27)28)18-9(24)6-31-5-8(17)11(25)26;/h8,14H,3-6,17H2,1-2H3,(H,18,24)(H,25,26)(H,27,28);/q;+1/p-1/t8?,14?,16-;/m0./s1. The third-order valence-electron chi connectivity index (χ3n) is 4.75. The van der Waals surface area contributed by atoms with E-state index in [1.54, 1.807) is 7.05 Å². The molecule has 34 heavy (non-hydrogen) atoms. The number of aliphatic carboxylic acids is 2. The molecule has 0 aliphatic carbocycles. The van der Waals surface area contributed by atoms with Crippen molar-refractivity contribution in [2.45, 2.75) is 22.3 Å². The van der Waals surface area contributed by atoms with Crippen molar-refractivity contribution in [3.05, 3.63) is 11.3 Å². The van der Waals surface area contributed by atoms with Gasteiger partial charge in [-0.25, -0.2) is 4.68 Å². The van der Waals surface area contributed by atoms with Crippen LogP contribution in [0.5, 0.6) is 0 Å². The summed E-state index contributed by atoms with van der Waals surface area (Å²) in [6.07, 6.45) is 0. The minimum Gasteiger partial charge on any atom is -0.543 e. The number of carboxylic acid groups (broad SMARTS) is 2. The zero-order valence-corrected chi connectivity index (χ0v) is 22.9. The van der Waals surface area contributed by atoms with Gasteiger partial charge in [0.15, 0.2) is 0 Å². The molecule has 1 fully saturated rings. The molecule has 1 aromatic rings. The Bertz CT molecular complexity index is 1010. The molecule has 2 amide bonds. The van der Waals surface area contributed by atoms with Gasteiger partial charge in [0.05, 0.1) is 17.4 Å². The molecule has 2 unspecified atom stereocenters. The number of thioether (sulfide) groups is 3. The second-order valence-electron chi connectivity index (χ2n) is 6.90. The van der Waals surface area contributed by atoms with Gasteiger partial charge in [-0.2, -0.15) is 0 Å².